The summed E-state index contributed by atoms with van der Waals surface area (Å²) < 4.78 is 24.7. The third-order valence-electron chi connectivity index (χ3n) is 4.64. The molecule has 0 atom stereocenters. The van der Waals surface area contributed by atoms with Crippen molar-refractivity contribution in [1.82, 2.24) is 4.90 Å². The number of nitrogens with zero attached hydrogens (tertiary/aromatic N) is 1. The Morgan fingerprint density at radius 1 is 1.13 bits per heavy atom. The number of aryl methyl sites for hydroxylation is 1. The molecule has 1 aliphatic carbocycles. The van der Waals surface area contributed by atoms with E-state index in [2.05, 4.69) is 0 Å². The summed E-state index contributed by atoms with van der Waals surface area (Å²) in [5.41, 5.74) is 1.02. The maximum Gasteiger partial charge on any atom is 0.223 e. The fourth-order valence-electron chi connectivity index (χ4n) is 3.26. The van der Waals surface area contributed by atoms with Gasteiger partial charge in [-0.3, -0.25) is 4.79 Å². The number of benzene rings is 1. The van der Waals surface area contributed by atoms with E-state index >= 15 is 0 Å². The number of carbonyl (C=O) groups is 1. The monoisotopic (exact) mass is 337 g/mol. The fourth-order valence-corrected chi connectivity index (χ4v) is 4.49. The van der Waals surface area contributed by atoms with Gasteiger partial charge in [0, 0.05) is 19.0 Å². The molecule has 1 aliphatic rings. The third kappa shape index (κ3) is 4.80. The van der Waals surface area contributed by atoms with E-state index in [1.165, 1.54) is 6.42 Å². The largest absolute Gasteiger partial charge is 0.340 e. The third-order valence-corrected chi connectivity index (χ3v) is 6.37. The molecule has 0 radical (unpaired) electrons. The van der Waals surface area contributed by atoms with Crippen LogP contribution in [-0.2, 0) is 14.6 Å². The lowest BCUT2D eigenvalue weighted by atomic mass is 9.94. The average molecular weight is 337 g/mol. The highest BCUT2D eigenvalue weighted by Gasteiger charge is 2.25. The molecule has 0 heterocycles. The van der Waals surface area contributed by atoms with Crippen LogP contribution in [0.3, 0.4) is 0 Å². The Bertz CT molecular complexity index is 616. The Morgan fingerprint density at radius 3 is 2.30 bits per heavy atom. The van der Waals surface area contributed by atoms with Crippen LogP contribution in [-0.4, -0.2) is 37.6 Å². The highest BCUT2D eigenvalue weighted by atomic mass is 32.2. The second-order valence-electron chi connectivity index (χ2n) is 6.35. The zero-order valence-electron chi connectivity index (χ0n) is 14.1. The Balaban J connectivity index is 1.97. The van der Waals surface area contributed by atoms with Crippen molar-refractivity contribution in [2.24, 2.45) is 0 Å². The highest BCUT2D eigenvalue weighted by molar-refractivity contribution is 7.91. The summed E-state index contributed by atoms with van der Waals surface area (Å²) in [6.45, 7) is 4.55. The van der Waals surface area contributed by atoms with Crippen molar-refractivity contribution >= 4 is 15.7 Å². The molecule has 0 spiro atoms. The number of hydrogen-bond acceptors (Lipinski definition) is 3. The topological polar surface area (TPSA) is 54.5 Å². The lowest BCUT2D eigenvalue weighted by Gasteiger charge is -2.33. The quantitative estimate of drug-likeness (QED) is 0.800. The molecule has 4 nitrogen and oxygen atoms in total. The maximum absolute atomic E-state index is 12.5. The molecule has 1 aromatic rings. The van der Waals surface area contributed by atoms with Gasteiger partial charge in [-0.25, -0.2) is 8.42 Å². The minimum atomic E-state index is -3.39. The summed E-state index contributed by atoms with van der Waals surface area (Å²) >= 11 is 0. The molecule has 1 aromatic carbocycles. The molecule has 0 unspecified atom stereocenters. The molecule has 1 saturated carbocycles. The molecule has 128 valence electrons. The van der Waals surface area contributed by atoms with Crippen molar-refractivity contribution in [3.8, 4) is 0 Å². The van der Waals surface area contributed by atoms with Crippen LogP contribution >= 0.6 is 0 Å². The van der Waals surface area contributed by atoms with Crippen LogP contribution in [0.1, 0.15) is 51.0 Å². The van der Waals surface area contributed by atoms with E-state index in [4.69, 9.17) is 0 Å². The first-order valence-electron chi connectivity index (χ1n) is 8.53. The molecule has 0 bridgehead atoms. The molecule has 1 amide bonds. The number of sulfone groups is 1. The predicted molar refractivity (Wildman–Crippen MR) is 92.1 cm³/mol. The molecular formula is C18H27NO3S. The second kappa shape index (κ2) is 7.95. The summed E-state index contributed by atoms with van der Waals surface area (Å²) in [6, 6.07) is 7.11. The van der Waals surface area contributed by atoms with Crippen molar-refractivity contribution in [3.05, 3.63) is 29.8 Å². The molecule has 0 aromatic heterocycles. The van der Waals surface area contributed by atoms with Crippen LogP contribution in [0.5, 0.6) is 0 Å². The van der Waals surface area contributed by atoms with Crippen LogP contribution < -0.4 is 0 Å². The van der Waals surface area contributed by atoms with Crippen molar-refractivity contribution in [2.45, 2.75) is 63.3 Å². The number of rotatable bonds is 6. The van der Waals surface area contributed by atoms with Crippen LogP contribution in [0.2, 0.25) is 0 Å². The van der Waals surface area contributed by atoms with E-state index < -0.39 is 9.84 Å². The first-order valence-corrected chi connectivity index (χ1v) is 10.2. The molecule has 0 saturated heterocycles. The van der Waals surface area contributed by atoms with Gasteiger partial charge >= 0.3 is 0 Å². The maximum atomic E-state index is 12.5. The predicted octanol–water partition coefficient (Wildman–Crippen LogP) is 3.34. The molecule has 2 rings (SSSR count). The Morgan fingerprint density at radius 2 is 1.74 bits per heavy atom. The molecule has 23 heavy (non-hydrogen) atoms. The van der Waals surface area contributed by atoms with Gasteiger partial charge in [0.15, 0.2) is 9.84 Å². The van der Waals surface area contributed by atoms with E-state index in [9.17, 15) is 13.2 Å². The number of carbonyl (C=O) groups excluding carboxylic acids is 1. The van der Waals surface area contributed by atoms with E-state index in [1.54, 1.807) is 24.3 Å². The molecular weight excluding hydrogens is 310 g/mol. The molecule has 1 fully saturated rings. The van der Waals surface area contributed by atoms with Gasteiger partial charge < -0.3 is 4.90 Å². The van der Waals surface area contributed by atoms with Crippen molar-refractivity contribution in [1.29, 1.82) is 0 Å². The van der Waals surface area contributed by atoms with E-state index in [0.29, 0.717) is 17.5 Å². The lowest BCUT2D eigenvalue weighted by Crippen LogP contribution is -2.41. The minimum Gasteiger partial charge on any atom is -0.340 e. The summed E-state index contributed by atoms with van der Waals surface area (Å²) in [5.74, 6) is -0.145. The van der Waals surface area contributed by atoms with Crippen molar-refractivity contribution in [2.75, 3.05) is 12.3 Å². The average Bonchev–Trinajstić information content (AvgIpc) is 2.55. The van der Waals surface area contributed by atoms with Gasteiger partial charge in [0.25, 0.3) is 0 Å². The highest BCUT2D eigenvalue weighted by Crippen LogP contribution is 2.23. The van der Waals surface area contributed by atoms with Crippen LogP contribution in [0.15, 0.2) is 29.2 Å². The number of hydrogen-bond donors (Lipinski definition) is 0. The zero-order valence-corrected chi connectivity index (χ0v) is 14.9. The Kier molecular flexibility index (Phi) is 6.22. The molecule has 0 N–H and O–H groups in total. The van der Waals surface area contributed by atoms with Crippen molar-refractivity contribution < 1.29 is 13.2 Å². The van der Waals surface area contributed by atoms with Gasteiger partial charge in [-0.2, -0.15) is 0 Å². The zero-order chi connectivity index (χ0) is 16.9. The van der Waals surface area contributed by atoms with E-state index in [0.717, 1.165) is 31.2 Å². The number of amides is 1. The van der Waals surface area contributed by atoms with Gasteiger partial charge in [-0.15, -0.1) is 0 Å². The van der Waals surface area contributed by atoms with Crippen LogP contribution in [0.25, 0.3) is 0 Å². The first kappa shape index (κ1) is 18.0. The van der Waals surface area contributed by atoms with E-state index in [1.807, 2.05) is 18.7 Å². The summed E-state index contributed by atoms with van der Waals surface area (Å²) in [6.07, 6.45) is 5.73. The standard InChI is InChI=1S/C18H27NO3S/c1-3-19(16-7-5-4-6-8-16)18(20)13-14-23(21,22)17-11-9-15(2)10-12-17/h9-12,16H,3-8,13-14H2,1-2H3. The van der Waals surface area contributed by atoms with Crippen molar-refractivity contribution in [3.63, 3.8) is 0 Å². The Labute approximate surface area is 139 Å². The molecule has 5 heteroatoms. The Hall–Kier alpha value is -1.36. The SMILES string of the molecule is CCN(C(=O)CCS(=O)(=O)c1ccc(C)cc1)C1CCCCC1. The summed E-state index contributed by atoms with van der Waals surface area (Å²) in [5, 5.41) is 0. The van der Waals surface area contributed by atoms with Gasteiger partial charge in [0.2, 0.25) is 5.91 Å². The first-order chi connectivity index (χ1) is 10.9. The van der Waals surface area contributed by atoms with Gasteiger partial charge in [-0.1, -0.05) is 37.0 Å². The summed E-state index contributed by atoms with van der Waals surface area (Å²) in [7, 11) is -3.39. The van der Waals surface area contributed by atoms with Gasteiger partial charge in [0.1, 0.15) is 0 Å². The van der Waals surface area contributed by atoms with Crippen LogP contribution in [0, 0.1) is 6.92 Å². The minimum absolute atomic E-state index is 0.0323. The van der Waals surface area contributed by atoms with Gasteiger partial charge in [-0.05, 0) is 38.8 Å². The lowest BCUT2D eigenvalue weighted by molar-refractivity contribution is -0.133. The second-order valence-corrected chi connectivity index (χ2v) is 8.46. The smallest absolute Gasteiger partial charge is 0.223 e. The molecule has 0 aliphatic heterocycles. The summed E-state index contributed by atoms with van der Waals surface area (Å²) in [4.78, 5) is 14.6. The van der Waals surface area contributed by atoms with Gasteiger partial charge in [0.05, 0.1) is 10.6 Å². The van der Waals surface area contributed by atoms with Crippen LogP contribution in [0.4, 0.5) is 0 Å². The van der Waals surface area contributed by atoms with E-state index in [-0.39, 0.29) is 18.1 Å². The fraction of sp³-hybridized carbons (Fsp3) is 0.611. The normalized spacial score (nSPS) is 16.3.